The van der Waals surface area contributed by atoms with Gasteiger partial charge in [-0.25, -0.2) is 4.98 Å². The lowest BCUT2D eigenvalue weighted by molar-refractivity contribution is -0.123. The Hall–Kier alpha value is -2.06. The van der Waals surface area contributed by atoms with Crippen molar-refractivity contribution < 1.29 is 14.3 Å². The fraction of sp³-hybridized carbons (Fsp3) is 0.353. The minimum Gasteiger partial charge on any atom is -0.496 e. The first kappa shape index (κ1) is 19.3. The molecular weight excluding hydrogens is 358 g/mol. The van der Waals surface area contributed by atoms with Gasteiger partial charge < -0.3 is 15.4 Å². The average molecular weight is 380 g/mol. The van der Waals surface area contributed by atoms with E-state index in [9.17, 15) is 9.59 Å². The van der Waals surface area contributed by atoms with E-state index in [1.807, 2.05) is 11.6 Å². The Morgan fingerprint density at radius 2 is 2.16 bits per heavy atom. The third-order valence-corrected chi connectivity index (χ3v) is 4.79. The summed E-state index contributed by atoms with van der Waals surface area (Å²) in [6.45, 7) is 0.350. The van der Waals surface area contributed by atoms with E-state index in [1.54, 1.807) is 41.5 Å². The predicted octanol–water partition coefficient (Wildman–Crippen LogP) is 2.32. The second-order valence-corrected chi connectivity index (χ2v) is 6.91. The molecule has 134 valence electrons. The second-order valence-electron chi connectivity index (χ2n) is 5.21. The quantitative estimate of drug-likeness (QED) is 0.699. The highest BCUT2D eigenvalue weighted by atomic mass is 32.2. The molecule has 0 saturated carbocycles. The van der Waals surface area contributed by atoms with Crippen LogP contribution in [-0.2, 0) is 11.3 Å². The molecule has 2 amide bonds. The summed E-state index contributed by atoms with van der Waals surface area (Å²) in [7, 11) is 1.51. The Labute approximate surface area is 155 Å². The number of aromatic nitrogens is 1. The zero-order valence-corrected chi connectivity index (χ0v) is 15.8. The first-order valence-electron chi connectivity index (χ1n) is 7.73. The van der Waals surface area contributed by atoms with Gasteiger partial charge in [0.15, 0.2) is 0 Å². The van der Waals surface area contributed by atoms with Crippen LogP contribution in [0.4, 0.5) is 0 Å². The van der Waals surface area contributed by atoms with Gasteiger partial charge in [-0.05, 0) is 30.6 Å². The van der Waals surface area contributed by atoms with E-state index in [4.69, 9.17) is 4.74 Å². The molecular formula is C17H21N3O3S2. The van der Waals surface area contributed by atoms with Crippen LogP contribution in [0.25, 0.3) is 0 Å². The van der Waals surface area contributed by atoms with Crippen LogP contribution >= 0.6 is 23.1 Å². The van der Waals surface area contributed by atoms with Crippen LogP contribution in [0, 0.1) is 0 Å². The third kappa shape index (κ3) is 5.75. The summed E-state index contributed by atoms with van der Waals surface area (Å²) < 4.78 is 5.21. The minimum absolute atomic E-state index is 0.217. The Bertz CT molecular complexity index is 692. The van der Waals surface area contributed by atoms with Gasteiger partial charge in [0.2, 0.25) is 5.91 Å². The zero-order valence-electron chi connectivity index (χ0n) is 14.2. The molecule has 2 N–H and O–H groups in total. The standard InChI is InChI=1S/C17H21N3O3S2/c1-23-15-6-4-3-5-13(15)16(21)20-14(7-8-24-2)17(22)18-9-12-10-25-11-19-12/h3-6,10-11,14H,7-9H2,1-2H3,(H,18,22)(H,20,21). The van der Waals surface area contributed by atoms with Crippen LogP contribution in [0.1, 0.15) is 22.5 Å². The molecule has 2 aromatic rings. The van der Waals surface area contributed by atoms with E-state index in [1.165, 1.54) is 18.4 Å². The minimum atomic E-state index is -0.608. The average Bonchev–Trinajstić information content (AvgIpc) is 3.16. The molecule has 1 aromatic heterocycles. The molecule has 0 aliphatic rings. The maximum atomic E-state index is 12.5. The van der Waals surface area contributed by atoms with Gasteiger partial charge in [-0.3, -0.25) is 9.59 Å². The van der Waals surface area contributed by atoms with E-state index in [2.05, 4.69) is 15.6 Å². The van der Waals surface area contributed by atoms with Crippen molar-refractivity contribution in [3.8, 4) is 5.75 Å². The van der Waals surface area contributed by atoms with Crippen molar-refractivity contribution in [3.63, 3.8) is 0 Å². The fourth-order valence-corrected chi connectivity index (χ4v) is 3.23. The van der Waals surface area contributed by atoms with E-state index >= 15 is 0 Å². The van der Waals surface area contributed by atoms with Crippen molar-refractivity contribution in [1.82, 2.24) is 15.6 Å². The summed E-state index contributed by atoms with van der Waals surface area (Å²) in [4.78, 5) is 29.2. The van der Waals surface area contributed by atoms with Gasteiger partial charge in [-0.15, -0.1) is 11.3 Å². The Morgan fingerprint density at radius 3 is 2.84 bits per heavy atom. The molecule has 6 nitrogen and oxygen atoms in total. The highest BCUT2D eigenvalue weighted by molar-refractivity contribution is 7.98. The molecule has 1 atom stereocenters. The number of thioether (sulfide) groups is 1. The molecule has 25 heavy (non-hydrogen) atoms. The topological polar surface area (TPSA) is 80.3 Å². The molecule has 8 heteroatoms. The monoisotopic (exact) mass is 379 g/mol. The maximum Gasteiger partial charge on any atom is 0.255 e. The van der Waals surface area contributed by atoms with Gasteiger partial charge in [-0.2, -0.15) is 11.8 Å². The van der Waals surface area contributed by atoms with Gasteiger partial charge in [0.25, 0.3) is 5.91 Å². The van der Waals surface area contributed by atoms with Gasteiger partial charge in [0, 0.05) is 5.38 Å². The summed E-state index contributed by atoms with van der Waals surface area (Å²) in [5, 5.41) is 7.52. The third-order valence-electron chi connectivity index (χ3n) is 3.51. The van der Waals surface area contributed by atoms with E-state index < -0.39 is 6.04 Å². The number of methoxy groups -OCH3 is 1. The Balaban J connectivity index is 2.02. The molecule has 0 fully saturated rings. The van der Waals surface area contributed by atoms with E-state index in [0.717, 1.165) is 11.4 Å². The van der Waals surface area contributed by atoms with Crippen LogP contribution in [0.5, 0.6) is 5.75 Å². The number of thiazole rings is 1. The van der Waals surface area contributed by atoms with Crippen molar-refractivity contribution in [2.24, 2.45) is 0 Å². The molecule has 0 radical (unpaired) electrons. The normalized spacial score (nSPS) is 11.6. The number of nitrogens with zero attached hydrogens (tertiary/aromatic N) is 1. The van der Waals surface area contributed by atoms with Crippen LogP contribution in [-0.4, -0.2) is 42.0 Å². The number of ether oxygens (including phenoxy) is 1. The predicted molar refractivity (Wildman–Crippen MR) is 101 cm³/mol. The van der Waals surface area contributed by atoms with E-state index in [-0.39, 0.29) is 11.8 Å². The number of hydrogen-bond donors (Lipinski definition) is 2. The second kappa shape index (κ2) is 10.0. The number of amides is 2. The van der Waals surface area contributed by atoms with Crippen LogP contribution in [0.3, 0.4) is 0 Å². The van der Waals surface area contributed by atoms with Crippen molar-refractivity contribution >= 4 is 34.9 Å². The molecule has 0 aliphatic heterocycles. The summed E-state index contributed by atoms with van der Waals surface area (Å²) in [5.41, 5.74) is 2.93. The summed E-state index contributed by atoms with van der Waals surface area (Å²) in [6, 6.07) is 6.34. The maximum absolute atomic E-state index is 12.5. The number of rotatable bonds is 9. The number of nitrogens with one attached hydrogen (secondary N) is 2. The summed E-state index contributed by atoms with van der Waals surface area (Å²) >= 11 is 3.10. The lowest BCUT2D eigenvalue weighted by atomic mass is 10.1. The number of benzene rings is 1. The number of carbonyl (C=O) groups excluding carboxylic acids is 2. The van der Waals surface area contributed by atoms with Crippen LogP contribution in [0.15, 0.2) is 35.2 Å². The van der Waals surface area contributed by atoms with Gasteiger partial charge in [-0.1, -0.05) is 12.1 Å². The van der Waals surface area contributed by atoms with Crippen LogP contribution in [0.2, 0.25) is 0 Å². The molecule has 0 aliphatic carbocycles. The fourth-order valence-electron chi connectivity index (χ4n) is 2.20. The number of carbonyl (C=O) groups is 2. The van der Waals surface area contributed by atoms with Crippen molar-refractivity contribution in [1.29, 1.82) is 0 Å². The van der Waals surface area contributed by atoms with Crippen molar-refractivity contribution in [3.05, 3.63) is 46.4 Å². The Kier molecular flexibility index (Phi) is 7.75. The zero-order chi connectivity index (χ0) is 18.1. The molecule has 0 saturated heterocycles. The summed E-state index contributed by atoms with van der Waals surface area (Å²) in [5.74, 6) is 0.699. The Morgan fingerprint density at radius 1 is 1.36 bits per heavy atom. The first-order chi connectivity index (χ1) is 12.2. The first-order valence-corrected chi connectivity index (χ1v) is 10.1. The molecule has 0 spiro atoms. The highest BCUT2D eigenvalue weighted by Gasteiger charge is 2.22. The molecule has 1 unspecified atom stereocenters. The molecule has 2 rings (SSSR count). The lowest BCUT2D eigenvalue weighted by Gasteiger charge is -2.18. The largest absolute Gasteiger partial charge is 0.496 e. The molecule has 1 aromatic carbocycles. The van der Waals surface area contributed by atoms with E-state index in [0.29, 0.717) is 24.3 Å². The highest BCUT2D eigenvalue weighted by Crippen LogP contribution is 2.17. The van der Waals surface area contributed by atoms with Crippen molar-refractivity contribution in [2.75, 3.05) is 19.1 Å². The van der Waals surface area contributed by atoms with Gasteiger partial charge in [0.05, 0.1) is 30.4 Å². The van der Waals surface area contributed by atoms with Gasteiger partial charge in [0.1, 0.15) is 11.8 Å². The summed E-state index contributed by atoms with van der Waals surface area (Å²) in [6.07, 6.45) is 2.51. The molecule has 0 bridgehead atoms. The number of para-hydroxylation sites is 1. The van der Waals surface area contributed by atoms with Crippen molar-refractivity contribution in [2.45, 2.75) is 19.0 Å². The smallest absolute Gasteiger partial charge is 0.255 e. The van der Waals surface area contributed by atoms with Gasteiger partial charge >= 0.3 is 0 Å². The SMILES string of the molecule is COc1ccccc1C(=O)NC(CCSC)C(=O)NCc1cscn1. The lowest BCUT2D eigenvalue weighted by Crippen LogP contribution is -2.47. The number of hydrogen-bond acceptors (Lipinski definition) is 6. The molecule has 1 heterocycles. The van der Waals surface area contributed by atoms with Crippen LogP contribution < -0.4 is 15.4 Å².